The van der Waals surface area contributed by atoms with E-state index in [1.165, 1.54) is 0 Å². The minimum absolute atomic E-state index is 0.0957. The highest BCUT2D eigenvalue weighted by molar-refractivity contribution is 5.81. The molecule has 1 aliphatic rings. The molecular weight excluding hydrogens is 192 g/mol. The summed E-state index contributed by atoms with van der Waals surface area (Å²) in [5.41, 5.74) is 5.65. The number of carbonyl (C=O) groups excluding carboxylic acids is 1. The van der Waals surface area contributed by atoms with Gasteiger partial charge in [-0.05, 0) is 19.3 Å². The van der Waals surface area contributed by atoms with E-state index >= 15 is 0 Å². The van der Waals surface area contributed by atoms with Crippen LogP contribution in [0.4, 0.5) is 0 Å². The van der Waals surface area contributed by atoms with Crippen molar-refractivity contribution >= 4 is 5.91 Å². The second-order valence-corrected chi connectivity index (χ2v) is 4.12. The van der Waals surface area contributed by atoms with Crippen molar-refractivity contribution in [2.75, 3.05) is 6.61 Å². The summed E-state index contributed by atoms with van der Waals surface area (Å²) in [5, 5.41) is 12.0. The van der Waals surface area contributed by atoms with Gasteiger partial charge in [-0.3, -0.25) is 4.79 Å². The lowest BCUT2D eigenvalue weighted by atomic mass is 10.0. The summed E-state index contributed by atoms with van der Waals surface area (Å²) in [6.07, 6.45) is 5.12. The zero-order valence-corrected chi connectivity index (χ0v) is 8.98. The average Bonchev–Trinajstić information content (AvgIpc) is 2.65. The van der Waals surface area contributed by atoms with Crippen LogP contribution in [0.3, 0.4) is 0 Å². The molecule has 0 aliphatic heterocycles. The van der Waals surface area contributed by atoms with Crippen molar-refractivity contribution in [2.24, 2.45) is 11.7 Å². The summed E-state index contributed by atoms with van der Waals surface area (Å²) in [6.45, 7) is 3.69. The zero-order valence-electron chi connectivity index (χ0n) is 8.98. The molecule has 0 saturated heterocycles. The Morgan fingerprint density at radius 2 is 2.40 bits per heavy atom. The van der Waals surface area contributed by atoms with Crippen molar-refractivity contribution in [1.82, 2.24) is 5.32 Å². The molecule has 0 heterocycles. The van der Waals surface area contributed by atoms with Gasteiger partial charge in [0, 0.05) is 18.6 Å². The Morgan fingerprint density at radius 3 is 3.00 bits per heavy atom. The fourth-order valence-corrected chi connectivity index (χ4v) is 2.02. The molecule has 0 aromatic rings. The summed E-state index contributed by atoms with van der Waals surface area (Å²) >= 11 is 0. The van der Waals surface area contributed by atoms with Crippen LogP contribution in [0.15, 0.2) is 12.7 Å². The van der Waals surface area contributed by atoms with Crippen LogP contribution < -0.4 is 11.1 Å². The standard InChI is InChI=1S/C11H20N2O2/c1-2-4-9(12)11(15)13-10-6-3-5-8(10)7-14/h2,8-10,14H,1,3-7,12H2,(H,13,15). The summed E-state index contributed by atoms with van der Waals surface area (Å²) in [6, 6.07) is -0.416. The summed E-state index contributed by atoms with van der Waals surface area (Å²) in [4.78, 5) is 11.6. The topological polar surface area (TPSA) is 75.4 Å². The Labute approximate surface area is 90.5 Å². The predicted octanol–water partition coefficient (Wildman–Crippen LogP) is 0.167. The highest BCUT2D eigenvalue weighted by Crippen LogP contribution is 2.24. The van der Waals surface area contributed by atoms with E-state index in [0.717, 1.165) is 19.3 Å². The minimum atomic E-state index is -0.512. The Hall–Kier alpha value is -0.870. The van der Waals surface area contributed by atoms with Crippen LogP contribution in [0.1, 0.15) is 25.7 Å². The maximum atomic E-state index is 11.6. The molecule has 4 heteroatoms. The number of carbonyl (C=O) groups is 1. The fraction of sp³-hybridized carbons (Fsp3) is 0.727. The maximum absolute atomic E-state index is 11.6. The van der Waals surface area contributed by atoms with Gasteiger partial charge in [0.15, 0.2) is 0 Å². The van der Waals surface area contributed by atoms with Crippen LogP contribution in [0.5, 0.6) is 0 Å². The SMILES string of the molecule is C=CCC(N)C(=O)NC1CCCC1CO. The van der Waals surface area contributed by atoms with Crippen molar-refractivity contribution in [1.29, 1.82) is 0 Å². The molecule has 15 heavy (non-hydrogen) atoms. The molecular formula is C11H20N2O2. The fourth-order valence-electron chi connectivity index (χ4n) is 2.02. The largest absolute Gasteiger partial charge is 0.396 e. The normalized spacial score (nSPS) is 27.3. The molecule has 1 saturated carbocycles. The van der Waals surface area contributed by atoms with Crippen molar-refractivity contribution in [3.8, 4) is 0 Å². The molecule has 86 valence electrons. The third-order valence-corrected chi connectivity index (χ3v) is 2.98. The van der Waals surface area contributed by atoms with Gasteiger partial charge in [-0.1, -0.05) is 12.5 Å². The van der Waals surface area contributed by atoms with Gasteiger partial charge in [-0.2, -0.15) is 0 Å². The Kier molecular flexibility index (Phi) is 4.78. The van der Waals surface area contributed by atoms with Crippen LogP contribution in [0.2, 0.25) is 0 Å². The van der Waals surface area contributed by atoms with Crippen molar-refractivity contribution in [2.45, 2.75) is 37.8 Å². The molecule has 0 aromatic carbocycles. The van der Waals surface area contributed by atoms with Gasteiger partial charge < -0.3 is 16.2 Å². The quantitative estimate of drug-likeness (QED) is 0.568. The lowest BCUT2D eigenvalue weighted by Gasteiger charge is -2.20. The third kappa shape index (κ3) is 3.32. The molecule has 1 amide bonds. The highest BCUT2D eigenvalue weighted by atomic mass is 16.3. The number of aliphatic hydroxyl groups is 1. The minimum Gasteiger partial charge on any atom is -0.396 e. The van der Waals surface area contributed by atoms with Crippen LogP contribution in [0, 0.1) is 5.92 Å². The number of nitrogens with one attached hydrogen (secondary N) is 1. The first kappa shape index (κ1) is 12.2. The smallest absolute Gasteiger partial charge is 0.237 e. The lowest BCUT2D eigenvalue weighted by molar-refractivity contribution is -0.123. The van der Waals surface area contributed by atoms with E-state index in [0.29, 0.717) is 6.42 Å². The summed E-state index contributed by atoms with van der Waals surface area (Å²) in [7, 11) is 0. The van der Waals surface area contributed by atoms with E-state index < -0.39 is 6.04 Å². The lowest BCUT2D eigenvalue weighted by Crippen LogP contribution is -2.46. The Morgan fingerprint density at radius 1 is 1.67 bits per heavy atom. The van der Waals surface area contributed by atoms with Gasteiger partial charge in [0.25, 0.3) is 0 Å². The number of hydrogen-bond donors (Lipinski definition) is 3. The molecule has 1 aliphatic carbocycles. The van der Waals surface area contributed by atoms with Gasteiger partial charge in [-0.25, -0.2) is 0 Å². The van der Waals surface area contributed by atoms with Crippen LogP contribution >= 0.6 is 0 Å². The second kappa shape index (κ2) is 5.88. The molecule has 1 rings (SSSR count). The molecule has 0 radical (unpaired) electrons. The van der Waals surface area contributed by atoms with E-state index in [-0.39, 0.29) is 24.5 Å². The first-order chi connectivity index (χ1) is 7.19. The number of amides is 1. The molecule has 3 unspecified atom stereocenters. The predicted molar refractivity (Wildman–Crippen MR) is 59.1 cm³/mol. The first-order valence-corrected chi connectivity index (χ1v) is 5.46. The maximum Gasteiger partial charge on any atom is 0.237 e. The monoisotopic (exact) mass is 212 g/mol. The number of nitrogens with two attached hydrogens (primary N) is 1. The van der Waals surface area contributed by atoms with Crippen LogP contribution in [-0.2, 0) is 4.79 Å². The third-order valence-electron chi connectivity index (χ3n) is 2.98. The molecule has 0 spiro atoms. The van der Waals surface area contributed by atoms with Gasteiger partial charge in [0.2, 0.25) is 5.91 Å². The van der Waals surface area contributed by atoms with Gasteiger partial charge >= 0.3 is 0 Å². The van der Waals surface area contributed by atoms with Crippen molar-refractivity contribution < 1.29 is 9.90 Å². The average molecular weight is 212 g/mol. The zero-order chi connectivity index (χ0) is 11.3. The molecule has 4 nitrogen and oxygen atoms in total. The van der Waals surface area contributed by atoms with Crippen molar-refractivity contribution in [3.05, 3.63) is 12.7 Å². The Balaban J connectivity index is 2.39. The molecule has 3 atom stereocenters. The van der Waals surface area contributed by atoms with Crippen molar-refractivity contribution in [3.63, 3.8) is 0 Å². The molecule has 0 bridgehead atoms. The number of hydrogen-bond acceptors (Lipinski definition) is 3. The van der Waals surface area contributed by atoms with E-state index in [1.54, 1.807) is 6.08 Å². The van der Waals surface area contributed by atoms with E-state index in [9.17, 15) is 4.79 Å². The van der Waals surface area contributed by atoms with Crippen LogP contribution in [0.25, 0.3) is 0 Å². The van der Waals surface area contributed by atoms with E-state index in [1.807, 2.05) is 0 Å². The summed E-state index contributed by atoms with van der Waals surface area (Å²) < 4.78 is 0. The van der Waals surface area contributed by atoms with Gasteiger partial charge in [0.05, 0.1) is 6.04 Å². The van der Waals surface area contributed by atoms with Gasteiger partial charge in [-0.15, -0.1) is 6.58 Å². The van der Waals surface area contributed by atoms with Crippen LogP contribution in [-0.4, -0.2) is 29.7 Å². The molecule has 0 aromatic heterocycles. The Bertz CT molecular complexity index is 231. The molecule has 4 N–H and O–H groups in total. The van der Waals surface area contributed by atoms with E-state index in [4.69, 9.17) is 10.8 Å². The van der Waals surface area contributed by atoms with Gasteiger partial charge in [0.1, 0.15) is 0 Å². The number of rotatable bonds is 5. The second-order valence-electron chi connectivity index (χ2n) is 4.12. The highest BCUT2D eigenvalue weighted by Gasteiger charge is 2.28. The summed E-state index contributed by atoms with van der Waals surface area (Å²) in [5.74, 6) is 0.0603. The number of aliphatic hydroxyl groups excluding tert-OH is 1. The van der Waals surface area contributed by atoms with E-state index in [2.05, 4.69) is 11.9 Å². The first-order valence-electron chi connectivity index (χ1n) is 5.46. The molecule has 1 fully saturated rings.